The number of hydrogen-bond donors (Lipinski definition) is 1. The van der Waals surface area contributed by atoms with Gasteiger partial charge in [-0.25, -0.2) is 0 Å². The summed E-state index contributed by atoms with van der Waals surface area (Å²) in [6.07, 6.45) is 3.10. The van der Waals surface area contributed by atoms with Crippen molar-refractivity contribution in [3.8, 4) is 11.5 Å². The van der Waals surface area contributed by atoms with E-state index in [1.165, 1.54) is 0 Å². The van der Waals surface area contributed by atoms with E-state index in [-0.39, 0.29) is 12.5 Å². The van der Waals surface area contributed by atoms with Gasteiger partial charge in [0.1, 0.15) is 11.5 Å². The highest BCUT2D eigenvalue weighted by Gasteiger charge is 2.25. The average molecular weight is 293 g/mol. The predicted molar refractivity (Wildman–Crippen MR) is 80.1 cm³/mol. The van der Waals surface area contributed by atoms with Crippen molar-refractivity contribution in [2.75, 3.05) is 27.3 Å². The van der Waals surface area contributed by atoms with Crippen molar-refractivity contribution in [2.45, 2.75) is 31.7 Å². The van der Waals surface area contributed by atoms with Crippen LogP contribution in [0.5, 0.6) is 11.5 Å². The Morgan fingerprint density at radius 1 is 1.29 bits per heavy atom. The number of rotatable bonds is 7. The molecule has 0 amide bonds. The highest BCUT2D eigenvalue weighted by atomic mass is 16.5. The molecule has 0 aliphatic carbocycles. The molecule has 1 aromatic carbocycles. The number of aliphatic carboxylic acids is 1. The number of carboxylic acids is 1. The van der Waals surface area contributed by atoms with Gasteiger partial charge in [-0.2, -0.15) is 0 Å². The lowest BCUT2D eigenvalue weighted by Gasteiger charge is -2.27. The van der Waals surface area contributed by atoms with E-state index in [2.05, 4.69) is 4.90 Å². The highest BCUT2D eigenvalue weighted by Crippen LogP contribution is 2.27. The fraction of sp³-hybridized carbons (Fsp3) is 0.562. The molecule has 1 aliphatic heterocycles. The van der Waals surface area contributed by atoms with Gasteiger partial charge in [0, 0.05) is 6.04 Å². The summed E-state index contributed by atoms with van der Waals surface area (Å²) in [4.78, 5) is 13.4. The molecule has 1 saturated heterocycles. The van der Waals surface area contributed by atoms with Gasteiger partial charge in [0.2, 0.25) is 0 Å². The van der Waals surface area contributed by atoms with Gasteiger partial charge >= 0.3 is 5.97 Å². The van der Waals surface area contributed by atoms with Crippen LogP contribution in [0, 0.1) is 0 Å². The Kier molecular flexibility index (Phi) is 5.44. The summed E-state index contributed by atoms with van der Waals surface area (Å²) >= 11 is 0. The molecule has 0 spiro atoms. The molecule has 5 heteroatoms. The molecular formula is C16H23NO4. The van der Waals surface area contributed by atoms with Crippen molar-refractivity contribution in [3.05, 3.63) is 23.8 Å². The van der Waals surface area contributed by atoms with E-state index in [4.69, 9.17) is 14.6 Å². The van der Waals surface area contributed by atoms with Gasteiger partial charge in [0.05, 0.1) is 20.6 Å². The molecule has 1 atom stereocenters. The number of methoxy groups -OCH3 is 2. The highest BCUT2D eigenvalue weighted by molar-refractivity contribution is 5.67. The molecule has 0 bridgehead atoms. The Labute approximate surface area is 125 Å². The van der Waals surface area contributed by atoms with Gasteiger partial charge in [0.15, 0.2) is 0 Å². The summed E-state index contributed by atoms with van der Waals surface area (Å²) in [5, 5.41) is 9.17. The minimum atomic E-state index is -0.756. The molecule has 2 rings (SSSR count). The number of carbonyl (C=O) groups is 1. The SMILES string of the molecule is COc1ccc(OC)c(CC(CC(=O)O)N2CCCC2)c1. The van der Waals surface area contributed by atoms with Crippen LogP contribution in [0.15, 0.2) is 18.2 Å². The summed E-state index contributed by atoms with van der Waals surface area (Å²) in [5.74, 6) is 0.792. The lowest BCUT2D eigenvalue weighted by Crippen LogP contribution is -2.36. The summed E-state index contributed by atoms with van der Waals surface area (Å²) in [6.45, 7) is 1.95. The Morgan fingerprint density at radius 3 is 2.57 bits per heavy atom. The van der Waals surface area contributed by atoms with Crippen molar-refractivity contribution in [1.29, 1.82) is 0 Å². The maximum Gasteiger partial charge on any atom is 0.304 e. The van der Waals surface area contributed by atoms with Crippen LogP contribution in [0.3, 0.4) is 0 Å². The molecule has 5 nitrogen and oxygen atoms in total. The summed E-state index contributed by atoms with van der Waals surface area (Å²) in [5.41, 5.74) is 0.995. The van der Waals surface area contributed by atoms with Gasteiger partial charge < -0.3 is 14.6 Å². The first-order chi connectivity index (χ1) is 10.1. The predicted octanol–water partition coefficient (Wildman–Crippen LogP) is 2.19. The summed E-state index contributed by atoms with van der Waals surface area (Å²) in [7, 11) is 3.26. The summed E-state index contributed by atoms with van der Waals surface area (Å²) < 4.78 is 10.6. The fourth-order valence-corrected chi connectivity index (χ4v) is 2.93. The first-order valence-electron chi connectivity index (χ1n) is 7.30. The van der Waals surface area contributed by atoms with Crippen molar-refractivity contribution in [2.24, 2.45) is 0 Å². The molecule has 0 aromatic heterocycles. The molecule has 1 aromatic rings. The largest absolute Gasteiger partial charge is 0.497 e. The van der Waals surface area contributed by atoms with E-state index in [9.17, 15) is 4.79 Å². The number of benzene rings is 1. The molecule has 0 radical (unpaired) electrons. The van der Waals surface area contributed by atoms with Gasteiger partial charge in [-0.1, -0.05) is 0 Å². The van der Waals surface area contributed by atoms with Crippen LogP contribution in [-0.4, -0.2) is 49.3 Å². The standard InChI is InChI=1S/C16H23NO4/c1-20-14-5-6-15(21-2)12(10-14)9-13(11-16(18)19)17-7-3-4-8-17/h5-6,10,13H,3-4,7-9,11H2,1-2H3,(H,18,19). The quantitative estimate of drug-likeness (QED) is 0.835. The van der Waals surface area contributed by atoms with Crippen molar-refractivity contribution >= 4 is 5.97 Å². The third-order valence-electron chi connectivity index (χ3n) is 4.01. The first kappa shape index (κ1) is 15.6. The van der Waals surface area contributed by atoms with Crippen LogP contribution >= 0.6 is 0 Å². The smallest absolute Gasteiger partial charge is 0.304 e. The number of hydrogen-bond acceptors (Lipinski definition) is 4. The average Bonchev–Trinajstić information content (AvgIpc) is 3.00. The zero-order chi connectivity index (χ0) is 15.2. The molecular weight excluding hydrogens is 270 g/mol. The second kappa shape index (κ2) is 7.31. The van der Waals surface area contributed by atoms with Crippen molar-refractivity contribution < 1.29 is 19.4 Å². The van der Waals surface area contributed by atoms with Gasteiger partial charge in [0.25, 0.3) is 0 Å². The topological polar surface area (TPSA) is 59.0 Å². The minimum absolute atomic E-state index is 0.00556. The maximum absolute atomic E-state index is 11.2. The number of nitrogens with zero attached hydrogens (tertiary/aromatic N) is 1. The lowest BCUT2D eigenvalue weighted by molar-refractivity contribution is -0.138. The zero-order valence-electron chi connectivity index (χ0n) is 12.7. The molecule has 1 heterocycles. The molecule has 1 N–H and O–H groups in total. The molecule has 1 unspecified atom stereocenters. The van der Waals surface area contributed by atoms with Gasteiger partial charge in [-0.15, -0.1) is 0 Å². The Bertz CT molecular complexity index is 483. The van der Waals surface area contributed by atoms with E-state index in [1.54, 1.807) is 14.2 Å². The second-order valence-electron chi connectivity index (χ2n) is 5.38. The van der Waals surface area contributed by atoms with Crippen molar-refractivity contribution in [3.63, 3.8) is 0 Å². The lowest BCUT2D eigenvalue weighted by atomic mass is 10.0. The third-order valence-corrected chi connectivity index (χ3v) is 4.01. The molecule has 21 heavy (non-hydrogen) atoms. The minimum Gasteiger partial charge on any atom is -0.497 e. The van der Waals surface area contributed by atoms with Crippen LogP contribution in [0.4, 0.5) is 0 Å². The van der Waals surface area contributed by atoms with E-state index in [0.717, 1.165) is 43.0 Å². The molecule has 0 saturated carbocycles. The van der Waals surface area contributed by atoms with Gasteiger partial charge in [-0.3, -0.25) is 9.69 Å². The van der Waals surface area contributed by atoms with Crippen LogP contribution in [-0.2, 0) is 11.2 Å². The van der Waals surface area contributed by atoms with Crippen LogP contribution in [0.2, 0.25) is 0 Å². The van der Waals surface area contributed by atoms with E-state index >= 15 is 0 Å². The molecule has 116 valence electrons. The van der Waals surface area contributed by atoms with Crippen LogP contribution in [0.25, 0.3) is 0 Å². The van der Waals surface area contributed by atoms with E-state index in [1.807, 2.05) is 18.2 Å². The monoisotopic (exact) mass is 293 g/mol. The van der Waals surface area contributed by atoms with Crippen molar-refractivity contribution in [1.82, 2.24) is 4.90 Å². The Morgan fingerprint density at radius 2 is 2.00 bits per heavy atom. The Balaban J connectivity index is 2.19. The summed E-state index contributed by atoms with van der Waals surface area (Å²) in [6, 6.07) is 5.66. The fourth-order valence-electron chi connectivity index (χ4n) is 2.93. The van der Waals surface area contributed by atoms with Crippen LogP contribution < -0.4 is 9.47 Å². The van der Waals surface area contributed by atoms with Gasteiger partial charge in [-0.05, 0) is 56.1 Å². The number of likely N-dealkylation sites (tertiary alicyclic amines) is 1. The first-order valence-corrected chi connectivity index (χ1v) is 7.30. The van der Waals surface area contributed by atoms with E-state index < -0.39 is 5.97 Å². The Hall–Kier alpha value is -1.75. The van der Waals surface area contributed by atoms with E-state index in [0.29, 0.717) is 6.42 Å². The zero-order valence-corrected chi connectivity index (χ0v) is 12.7. The maximum atomic E-state index is 11.2. The number of carboxylic acid groups (broad SMARTS) is 1. The molecule has 1 aliphatic rings. The molecule has 1 fully saturated rings. The third kappa shape index (κ3) is 4.11. The normalized spacial score (nSPS) is 16.7. The van der Waals surface area contributed by atoms with Crippen LogP contribution in [0.1, 0.15) is 24.8 Å². The number of ether oxygens (including phenoxy) is 2. The second-order valence-corrected chi connectivity index (χ2v) is 5.38.